The number of rotatable bonds is 6. The zero-order chi connectivity index (χ0) is 19.9. The summed E-state index contributed by atoms with van der Waals surface area (Å²) in [5, 5.41) is 14.0. The first kappa shape index (κ1) is 19.2. The van der Waals surface area contributed by atoms with Gasteiger partial charge in [-0.1, -0.05) is 12.1 Å². The van der Waals surface area contributed by atoms with Gasteiger partial charge in [-0.05, 0) is 41.5 Å². The van der Waals surface area contributed by atoms with E-state index in [2.05, 4.69) is 20.8 Å². The van der Waals surface area contributed by atoms with Gasteiger partial charge in [-0.25, -0.2) is 0 Å². The number of hydrogen-bond donors (Lipinski definition) is 2. The predicted molar refractivity (Wildman–Crippen MR) is 106 cm³/mol. The lowest BCUT2D eigenvalue weighted by Crippen LogP contribution is -2.49. The lowest BCUT2D eigenvalue weighted by molar-refractivity contribution is -0.120. The molecule has 0 bridgehead atoms. The number of carbonyl (C=O) groups excluding carboxylic acids is 1. The molecule has 1 fully saturated rings. The Kier molecular flexibility index (Phi) is 6.11. The first-order valence-electron chi connectivity index (χ1n) is 8.66. The third-order valence-electron chi connectivity index (χ3n) is 4.25. The van der Waals surface area contributed by atoms with Crippen LogP contribution in [0.5, 0.6) is 17.2 Å². The van der Waals surface area contributed by atoms with E-state index in [1.165, 1.54) is 0 Å². The van der Waals surface area contributed by atoms with Crippen molar-refractivity contribution >= 4 is 18.1 Å². The molecule has 1 unspecified atom stereocenters. The van der Waals surface area contributed by atoms with E-state index in [0.29, 0.717) is 23.9 Å². The Labute approximate surface area is 163 Å². The van der Waals surface area contributed by atoms with Crippen molar-refractivity contribution in [1.82, 2.24) is 10.6 Å². The molecule has 146 valence electrons. The van der Waals surface area contributed by atoms with Crippen molar-refractivity contribution in [3.05, 3.63) is 53.6 Å². The van der Waals surface area contributed by atoms with Crippen LogP contribution in [0.4, 0.5) is 0 Å². The SMILES string of the molecule is COc1ccc(C2CC(=O)NC(=NN=Cc3ccc(OC)c(OC)c3)N2)cc1. The normalized spacial score (nSPS) is 17.9. The first-order valence-corrected chi connectivity index (χ1v) is 8.66. The number of carbonyl (C=O) groups is 1. The van der Waals surface area contributed by atoms with Crippen LogP contribution in [0, 0.1) is 0 Å². The molecule has 2 N–H and O–H groups in total. The van der Waals surface area contributed by atoms with Crippen molar-refractivity contribution in [1.29, 1.82) is 0 Å². The van der Waals surface area contributed by atoms with Crippen molar-refractivity contribution in [2.24, 2.45) is 10.2 Å². The minimum Gasteiger partial charge on any atom is -0.497 e. The molecule has 8 nitrogen and oxygen atoms in total. The van der Waals surface area contributed by atoms with Gasteiger partial charge in [-0.3, -0.25) is 10.1 Å². The molecule has 8 heteroatoms. The van der Waals surface area contributed by atoms with E-state index < -0.39 is 0 Å². The smallest absolute Gasteiger partial charge is 0.229 e. The summed E-state index contributed by atoms with van der Waals surface area (Å²) in [5.41, 5.74) is 1.75. The first-order chi connectivity index (χ1) is 13.6. The van der Waals surface area contributed by atoms with Crippen LogP contribution in [0.15, 0.2) is 52.7 Å². The van der Waals surface area contributed by atoms with Crippen LogP contribution >= 0.6 is 0 Å². The number of methoxy groups -OCH3 is 3. The molecule has 2 aromatic rings. The zero-order valence-corrected chi connectivity index (χ0v) is 15.9. The molecule has 0 spiro atoms. The number of amides is 1. The standard InChI is InChI=1S/C20H22N4O4/c1-26-15-7-5-14(6-8-15)16-11-19(25)23-20(22-16)24-21-12-13-4-9-17(27-2)18(10-13)28-3/h4-10,12,16H,11H2,1-3H3,(H2,22,23,24,25). The molecule has 3 rings (SSSR count). The second-order valence-electron chi connectivity index (χ2n) is 6.03. The average molecular weight is 382 g/mol. The fourth-order valence-electron chi connectivity index (χ4n) is 2.80. The molecule has 0 saturated carbocycles. The third kappa shape index (κ3) is 4.59. The second-order valence-corrected chi connectivity index (χ2v) is 6.03. The van der Waals surface area contributed by atoms with E-state index in [1.807, 2.05) is 30.3 Å². The van der Waals surface area contributed by atoms with E-state index in [-0.39, 0.29) is 11.9 Å². The molecule has 0 aliphatic carbocycles. The van der Waals surface area contributed by atoms with Gasteiger partial charge < -0.3 is 19.5 Å². The molecule has 1 amide bonds. The summed E-state index contributed by atoms with van der Waals surface area (Å²) in [7, 11) is 4.76. The van der Waals surface area contributed by atoms with E-state index in [9.17, 15) is 4.79 Å². The fraction of sp³-hybridized carbons (Fsp3) is 0.250. The van der Waals surface area contributed by atoms with Crippen LogP contribution in [0.25, 0.3) is 0 Å². The topological polar surface area (TPSA) is 93.5 Å². The van der Waals surface area contributed by atoms with Crippen molar-refractivity contribution in [3.8, 4) is 17.2 Å². The highest BCUT2D eigenvalue weighted by molar-refractivity contribution is 6.00. The summed E-state index contributed by atoms with van der Waals surface area (Å²) in [6.07, 6.45) is 1.88. The zero-order valence-electron chi connectivity index (χ0n) is 15.9. The highest BCUT2D eigenvalue weighted by Gasteiger charge is 2.24. The number of guanidine groups is 1. The Hall–Kier alpha value is -3.55. The van der Waals surface area contributed by atoms with Gasteiger partial charge >= 0.3 is 0 Å². The molecule has 0 radical (unpaired) electrons. The van der Waals surface area contributed by atoms with Crippen LogP contribution in [0.1, 0.15) is 23.6 Å². The Morgan fingerprint density at radius 3 is 2.43 bits per heavy atom. The maximum atomic E-state index is 12.0. The lowest BCUT2D eigenvalue weighted by Gasteiger charge is -2.25. The van der Waals surface area contributed by atoms with Gasteiger partial charge in [0.2, 0.25) is 11.9 Å². The van der Waals surface area contributed by atoms with Gasteiger partial charge in [0.15, 0.2) is 11.5 Å². The van der Waals surface area contributed by atoms with Crippen LogP contribution < -0.4 is 24.8 Å². The van der Waals surface area contributed by atoms with Gasteiger partial charge in [-0.15, -0.1) is 5.10 Å². The molecule has 1 aliphatic rings. The Morgan fingerprint density at radius 2 is 1.75 bits per heavy atom. The number of hydrogen-bond acceptors (Lipinski definition) is 6. The number of nitrogens with one attached hydrogen (secondary N) is 2. The van der Waals surface area contributed by atoms with Gasteiger partial charge in [0.25, 0.3) is 0 Å². The largest absolute Gasteiger partial charge is 0.497 e. The van der Waals surface area contributed by atoms with E-state index in [0.717, 1.165) is 16.9 Å². The van der Waals surface area contributed by atoms with Crippen molar-refractivity contribution < 1.29 is 19.0 Å². The fourth-order valence-corrected chi connectivity index (χ4v) is 2.80. The van der Waals surface area contributed by atoms with Gasteiger partial charge in [0.05, 0.1) is 40.0 Å². The predicted octanol–water partition coefficient (Wildman–Crippen LogP) is 2.25. The van der Waals surface area contributed by atoms with Gasteiger partial charge in [0, 0.05) is 0 Å². The van der Waals surface area contributed by atoms with Crippen LogP contribution in [-0.2, 0) is 4.79 Å². The summed E-state index contributed by atoms with van der Waals surface area (Å²) in [4.78, 5) is 12.0. The maximum absolute atomic E-state index is 12.0. The second kappa shape index (κ2) is 8.90. The number of ether oxygens (including phenoxy) is 3. The van der Waals surface area contributed by atoms with Crippen LogP contribution in [-0.4, -0.2) is 39.4 Å². The van der Waals surface area contributed by atoms with E-state index >= 15 is 0 Å². The summed E-state index contributed by atoms with van der Waals surface area (Å²) < 4.78 is 15.6. The minimum atomic E-state index is -0.185. The molecule has 2 aromatic carbocycles. The van der Waals surface area contributed by atoms with E-state index in [1.54, 1.807) is 39.7 Å². The number of benzene rings is 2. The lowest BCUT2D eigenvalue weighted by atomic mass is 10.0. The number of nitrogens with zero attached hydrogens (tertiary/aromatic N) is 2. The molecular formula is C20H22N4O4. The molecule has 1 atom stereocenters. The monoisotopic (exact) mass is 382 g/mol. The molecule has 0 aromatic heterocycles. The molecule has 1 saturated heterocycles. The van der Waals surface area contributed by atoms with Crippen molar-refractivity contribution in [2.45, 2.75) is 12.5 Å². The van der Waals surface area contributed by atoms with Gasteiger partial charge in [-0.2, -0.15) is 5.10 Å². The quantitative estimate of drug-likeness (QED) is 0.590. The third-order valence-corrected chi connectivity index (χ3v) is 4.25. The molecule has 28 heavy (non-hydrogen) atoms. The van der Waals surface area contributed by atoms with Gasteiger partial charge in [0.1, 0.15) is 5.75 Å². The van der Waals surface area contributed by atoms with Crippen LogP contribution in [0.3, 0.4) is 0 Å². The highest BCUT2D eigenvalue weighted by atomic mass is 16.5. The Morgan fingerprint density at radius 1 is 1.00 bits per heavy atom. The summed E-state index contributed by atoms with van der Waals surface area (Å²) >= 11 is 0. The molecule has 1 heterocycles. The Bertz CT molecular complexity index is 894. The highest BCUT2D eigenvalue weighted by Crippen LogP contribution is 2.27. The van der Waals surface area contributed by atoms with Crippen molar-refractivity contribution in [2.75, 3.05) is 21.3 Å². The molecule has 1 aliphatic heterocycles. The minimum absolute atomic E-state index is 0.125. The van der Waals surface area contributed by atoms with Crippen molar-refractivity contribution in [3.63, 3.8) is 0 Å². The Balaban J connectivity index is 1.72. The molecular weight excluding hydrogens is 360 g/mol. The summed E-state index contributed by atoms with van der Waals surface area (Å²) in [5.74, 6) is 2.17. The van der Waals surface area contributed by atoms with Crippen LogP contribution in [0.2, 0.25) is 0 Å². The maximum Gasteiger partial charge on any atom is 0.229 e. The summed E-state index contributed by atoms with van der Waals surface area (Å²) in [6, 6.07) is 12.8. The summed E-state index contributed by atoms with van der Waals surface area (Å²) in [6.45, 7) is 0. The average Bonchev–Trinajstić information content (AvgIpc) is 2.73. The van der Waals surface area contributed by atoms with E-state index in [4.69, 9.17) is 14.2 Å².